The number of carbonyl (C=O) groups is 1. The topological polar surface area (TPSA) is 68.0 Å². The van der Waals surface area contributed by atoms with Crippen molar-refractivity contribution >= 4 is 6.09 Å². The lowest BCUT2D eigenvalue weighted by Gasteiger charge is -2.35. The highest BCUT2D eigenvalue weighted by molar-refractivity contribution is 5.69. The van der Waals surface area contributed by atoms with E-state index in [1.54, 1.807) is 12.0 Å². The van der Waals surface area contributed by atoms with E-state index in [4.69, 9.17) is 14.0 Å². The molecule has 0 unspecified atom stereocenters. The lowest BCUT2D eigenvalue weighted by Crippen LogP contribution is -2.49. The van der Waals surface area contributed by atoms with Crippen LogP contribution in [0.1, 0.15) is 39.0 Å². The van der Waals surface area contributed by atoms with Crippen molar-refractivity contribution in [1.82, 2.24) is 15.0 Å². The van der Waals surface area contributed by atoms with Crippen LogP contribution in [0, 0.1) is 0 Å². The Morgan fingerprint density at radius 3 is 2.52 bits per heavy atom. The smallest absolute Gasteiger partial charge is 0.410 e. The monoisotopic (exact) mass is 427 g/mol. The molecule has 7 nitrogen and oxygen atoms in total. The van der Waals surface area contributed by atoms with Crippen LogP contribution in [0.4, 0.5) is 4.79 Å². The summed E-state index contributed by atoms with van der Waals surface area (Å²) in [5, 5.41) is 4.28. The number of amides is 1. The van der Waals surface area contributed by atoms with Gasteiger partial charge in [-0.25, -0.2) is 4.79 Å². The van der Waals surface area contributed by atoms with Crippen LogP contribution in [-0.4, -0.2) is 59.9 Å². The predicted octanol–water partition coefficient (Wildman–Crippen LogP) is 4.52. The minimum atomic E-state index is -0.479. The van der Waals surface area contributed by atoms with Crippen LogP contribution in [0.3, 0.4) is 0 Å². The van der Waals surface area contributed by atoms with Gasteiger partial charge in [0, 0.05) is 37.8 Å². The molecule has 0 aliphatic carbocycles. The Labute approximate surface area is 184 Å². The van der Waals surface area contributed by atoms with Gasteiger partial charge in [0.25, 0.3) is 0 Å². The number of carbonyl (C=O) groups excluding carboxylic acids is 1. The standard InChI is InChI=1S/C24H33N3O4/c1-17(2)13-18-7-8-22(29-6)20(14-18)21-15-19(31-25-21)16-26-9-11-27(12-10-26)23(28)30-24(3,4)5/h7-8,14-15H,1,9-13,16H2,2-6H3. The largest absolute Gasteiger partial charge is 0.496 e. The Bertz CT molecular complexity index is 921. The molecule has 1 aromatic heterocycles. The number of piperazine rings is 1. The van der Waals surface area contributed by atoms with Crippen molar-refractivity contribution in [2.24, 2.45) is 0 Å². The number of benzene rings is 1. The third kappa shape index (κ3) is 6.34. The Kier molecular flexibility index (Phi) is 7.05. The zero-order chi connectivity index (χ0) is 22.6. The van der Waals surface area contributed by atoms with Gasteiger partial charge in [0.15, 0.2) is 5.76 Å². The van der Waals surface area contributed by atoms with Crippen molar-refractivity contribution in [3.05, 3.63) is 47.7 Å². The summed E-state index contributed by atoms with van der Waals surface area (Å²) < 4.78 is 16.6. The van der Waals surface area contributed by atoms with Gasteiger partial charge >= 0.3 is 6.09 Å². The fraction of sp³-hybridized carbons (Fsp3) is 0.500. The van der Waals surface area contributed by atoms with Crippen LogP contribution >= 0.6 is 0 Å². The highest BCUT2D eigenvalue weighted by atomic mass is 16.6. The molecule has 0 saturated carbocycles. The molecule has 2 aromatic rings. The second-order valence-electron chi connectivity index (χ2n) is 9.09. The summed E-state index contributed by atoms with van der Waals surface area (Å²) in [6.07, 6.45) is 0.555. The summed E-state index contributed by atoms with van der Waals surface area (Å²) in [5.41, 5.74) is 3.44. The van der Waals surface area contributed by atoms with Gasteiger partial charge in [0.1, 0.15) is 17.0 Å². The van der Waals surface area contributed by atoms with Gasteiger partial charge in [-0.3, -0.25) is 4.90 Å². The Morgan fingerprint density at radius 2 is 1.90 bits per heavy atom. The molecule has 0 N–H and O–H groups in total. The van der Waals surface area contributed by atoms with Gasteiger partial charge in [-0.2, -0.15) is 0 Å². The lowest BCUT2D eigenvalue weighted by molar-refractivity contribution is 0.0133. The molecule has 3 rings (SSSR count). The molecule has 0 spiro atoms. The summed E-state index contributed by atoms with van der Waals surface area (Å²) in [4.78, 5) is 16.2. The second-order valence-corrected chi connectivity index (χ2v) is 9.09. The molecule has 1 aliphatic rings. The minimum absolute atomic E-state index is 0.254. The minimum Gasteiger partial charge on any atom is -0.496 e. The van der Waals surface area contributed by atoms with E-state index in [1.807, 2.05) is 45.9 Å². The number of aromatic nitrogens is 1. The fourth-order valence-corrected chi connectivity index (χ4v) is 3.56. The zero-order valence-corrected chi connectivity index (χ0v) is 19.2. The van der Waals surface area contributed by atoms with E-state index in [2.05, 4.69) is 22.7 Å². The van der Waals surface area contributed by atoms with Gasteiger partial charge < -0.3 is 18.9 Å². The maximum Gasteiger partial charge on any atom is 0.410 e. The van der Waals surface area contributed by atoms with Crippen molar-refractivity contribution in [1.29, 1.82) is 0 Å². The van der Waals surface area contributed by atoms with E-state index in [-0.39, 0.29) is 6.09 Å². The molecule has 1 amide bonds. The number of methoxy groups -OCH3 is 1. The van der Waals surface area contributed by atoms with Crippen molar-refractivity contribution in [2.45, 2.75) is 46.3 Å². The van der Waals surface area contributed by atoms with Gasteiger partial charge in [-0.1, -0.05) is 23.4 Å². The van der Waals surface area contributed by atoms with Gasteiger partial charge in [-0.15, -0.1) is 0 Å². The molecule has 0 bridgehead atoms. The molecule has 2 heterocycles. The van der Waals surface area contributed by atoms with Crippen molar-refractivity contribution in [2.75, 3.05) is 33.3 Å². The van der Waals surface area contributed by atoms with Crippen LogP contribution in [-0.2, 0) is 17.7 Å². The van der Waals surface area contributed by atoms with Gasteiger partial charge in [0.2, 0.25) is 0 Å². The molecular weight excluding hydrogens is 394 g/mol. The van der Waals surface area contributed by atoms with Crippen LogP contribution in [0.25, 0.3) is 11.3 Å². The maximum atomic E-state index is 12.2. The number of hydrogen-bond acceptors (Lipinski definition) is 6. The summed E-state index contributed by atoms with van der Waals surface area (Å²) >= 11 is 0. The summed E-state index contributed by atoms with van der Waals surface area (Å²) in [6.45, 7) is 15.1. The van der Waals surface area contributed by atoms with E-state index in [0.717, 1.165) is 53.4 Å². The molecular formula is C24H33N3O4. The van der Waals surface area contributed by atoms with E-state index in [9.17, 15) is 4.79 Å². The molecule has 1 aliphatic heterocycles. The van der Waals surface area contributed by atoms with E-state index in [1.165, 1.54) is 0 Å². The third-order valence-corrected chi connectivity index (χ3v) is 5.01. The molecule has 1 fully saturated rings. The SMILES string of the molecule is C=C(C)Cc1ccc(OC)c(-c2cc(CN3CCN(C(=O)OC(C)(C)C)CC3)on2)c1. The predicted molar refractivity (Wildman–Crippen MR) is 120 cm³/mol. The Hall–Kier alpha value is -2.80. The molecule has 1 aromatic carbocycles. The first kappa shape index (κ1) is 22.9. The number of ether oxygens (including phenoxy) is 2. The van der Waals surface area contributed by atoms with Crippen molar-refractivity contribution in [3.8, 4) is 17.0 Å². The number of allylic oxidation sites excluding steroid dienone is 1. The molecule has 0 atom stereocenters. The first-order valence-electron chi connectivity index (χ1n) is 10.6. The first-order valence-corrected chi connectivity index (χ1v) is 10.6. The third-order valence-electron chi connectivity index (χ3n) is 5.01. The average molecular weight is 428 g/mol. The normalized spacial score (nSPS) is 15.1. The Balaban J connectivity index is 1.62. The summed E-state index contributed by atoms with van der Waals surface area (Å²) in [6, 6.07) is 8.04. The molecule has 1 saturated heterocycles. The van der Waals surface area contributed by atoms with Gasteiger partial charge in [0.05, 0.1) is 13.7 Å². The van der Waals surface area contributed by atoms with E-state index >= 15 is 0 Å². The second kappa shape index (κ2) is 9.56. The fourth-order valence-electron chi connectivity index (χ4n) is 3.56. The number of hydrogen-bond donors (Lipinski definition) is 0. The lowest BCUT2D eigenvalue weighted by atomic mass is 10.0. The molecule has 0 radical (unpaired) electrons. The van der Waals surface area contributed by atoms with Crippen LogP contribution in [0.2, 0.25) is 0 Å². The highest BCUT2D eigenvalue weighted by Gasteiger charge is 2.26. The maximum absolute atomic E-state index is 12.2. The summed E-state index contributed by atoms with van der Waals surface area (Å²) in [5.74, 6) is 1.55. The van der Waals surface area contributed by atoms with E-state index < -0.39 is 5.60 Å². The Morgan fingerprint density at radius 1 is 1.19 bits per heavy atom. The molecule has 168 valence electrons. The van der Waals surface area contributed by atoms with Crippen LogP contribution < -0.4 is 4.74 Å². The quantitative estimate of drug-likeness (QED) is 0.632. The van der Waals surface area contributed by atoms with Gasteiger partial charge in [-0.05, 0) is 51.8 Å². The van der Waals surface area contributed by atoms with Crippen LogP contribution in [0.5, 0.6) is 5.75 Å². The molecule has 31 heavy (non-hydrogen) atoms. The average Bonchev–Trinajstić information content (AvgIpc) is 3.15. The van der Waals surface area contributed by atoms with Crippen molar-refractivity contribution in [3.63, 3.8) is 0 Å². The van der Waals surface area contributed by atoms with E-state index in [0.29, 0.717) is 19.6 Å². The van der Waals surface area contributed by atoms with Crippen molar-refractivity contribution < 1.29 is 18.8 Å². The number of nitrogens with zero attached hydrogens (tertiary/aromatic N) is 3. The number of rotatable bonds is 6. The highest BCUT2D eigenvalue weighted by Crippen LogP contribution is 2.31. The molecule has 7 heteroatoms. The zero-order valence-electron chi connectivity index (χ0n) is 19.2. The first-order chi connectivity index (χ1) is 14.6. The summed E-state index contributed by atoms with van der Waals surface area (Å²) in [7, 11) is 1.66. The van der Waals surface area contributed by atoms with Crippen LogP contribution in [0.15, 0.2) is 40.9 Å².